The summed E-state index contributed by atoms with van der Waals surface area (Å²) in [5.41, 5.74) is 2.45. The molecule has 0 heterocycles. The molecule has 1 fully saturated rings. The maximum absolute atomic E-state index is 13.2. The van der Waals surface area contributed by atoms with Crippen molar-refractivity contribution in [1.29, 1.82) is 0 Å². The summed E-state index contributed by atoms with van der Waals surface area (Å²) in [5, 5.41) is 12.3. The maximum atomic E-state index is 13.2. The molecule has 1 rings (SSSR count). The third-order valence-corrected chi connectivity index (χ3v) is 4.78. The number of nitrogens with two attached hydrogens (primary N) is 1. The van der Waals surface area contributed by atoms with Gasteiger partial charge < -0.3 is 10.8 Å². The van der Waals surface area contributed by atoms with Gasteiger partial charge in [0.1, 0.15) is 0 Å². The number of aliphatic hydroxyl groups is 1. The van der Waals surface area contributed by atoms with Crippen LogP contribution in [0.1, 0.15) is 46.0 Å². The van der Waals surface area contributed by atoms with E-state index in [0.29, 0.717) is 24.7 Å². The second kappa shape index (κ2) is 7.09. The SMILES string of the molecule is CCC(C)C1CCC(C(O)(NCCN)C(F)(F)F)CC1. The van der Waals surface area contributed by atoms with Crippen molar-refractivity contribution in [3.05, 3.63) is 0 Å². The molecule has 20 heavy (non-hydrogen) atoms. The molecule has 0 aromatic carbocycles. The van der Waals surface area contributed by atoms with Crippen LogP contribution in [0.2, 0.25) is 0 Å². The van der Waals surface area contributed by atoms with Crippen LogP contribution >= 0.6 is 0 Å². The number of hydrogen-bond donors (Lipinski definition) is 3. The van der Waals surface area contributed by atoms with Crippen LogP contribution in [0, 0.1) is 17.8 Å². The second-order valence-corrected chi connectivity index (χ2v) is 5.98. The van der Waals surface area contributed by atoms with Crippen molar-refractivity contribution in [3.63, 3.8) is 0 Å². The minimum Gasteiger partial charge on any atom is -0.368 e. The molecular formula is C14H27F3N2O. The first kappa shape index (κ1) is 17.7. The van der Waals surface area contributed by atoms with Crippen LogP contribution in [-0.4, -0.2) is 30.1 Å². The topological polar surface area (TPSA) is 58.3 Å². The fourth-order valence-corrected chi connectivity index (χ4v) is 3.18. The summed E-state index contributed by atoms with van der Waals surface area (Å²) < 4.78 is 39.5. The highest BCUT2D eigenvalue weighted by atomic mass is 19.4. The van der Waals surface area contributed by atoms with Crippen molar-refractivity contribution in [2.45, 2.75) is 57.9 Å². The van der Waals surface area contributed by atoms with E-state index >= 15 is 0 Å². The summed E-state index contributed by atoms with van der Waals surface area (Å²) >= 11 is 0. The molecule has 0 saturated heterocycles. The standard InChI is InChI=1S/C14H27F3N2O/c1-3-10(2)11-4-6-12(7-5-11)13(20,14(15,16)17)19-9-8-18/h10-12,19-20H,3-9,18H2,1-2H3. The lowest BCUT2D eigenvalue weighted by molar-refractivity contribution is -0.296. The minimum absolute atomic E-state index is 0.0404. The first-order valence-electron chi connectivity index (χ1n) is 7.50. The first-order chi connectivity index (χ1) is 9.26. The van der Waals surface area contributed by atoms with Crippen LogP contribution < -0.4 is 11.1 Å². The Morgan fingerprint density at radius 2 is 1.80 bits per heavy atom. The van der Waals surface area contributed by atoms with Gasteiger partial charge in [-0.2, -0.15) is 13.2 Å². The fraction of sp³-hybridized carbons (Fsp3) is 1.00. The molecule has 120 valence electrons. The smallest absolute Gasteiger partial charge is 0.368 e. The Morgan fingerprint density at radius 3 is 2.20 bits per heavy atom. The molecule has 6 heteroatoms. The van der Waals surface area contributed by atoms with Gasteiger partial charge in [-0.3, -0.25) is 5.32 Å². The van der Waals surface area contributed by atoms with Crippen LogP contribution in [0.5, 0.6) is 0 Å². The molecule has 0 bridgehead atoms. The van der Waals surface area contributed by atoms with E-state index in [1.807, 2.05) is 0 Å². The van der Waals surface area contributed by atoms with Gasteiger partial charge in [-0.15, -0.1) is 0 Å². The zero-order chi connectivity index (χ0) is 15.4. The van der Waals surface area contributed by atoms with Crippen LogP contribution in [-0.2, 0) is 0 Å². The molecule has 0 spiro atoms. The van der Waals surface area contributed by atoms with Crippen molar-refractivity contribution < 1.29 is 18.3 Å². The molecule has 0 amide bonds. The number of halogens is 3. The van der Waals surface area contributed by atoms with Crippen LogP contribution in [0.4, 0.5) is 13.2 Å². The highest BCUT2D eigenvalue weighted by molar-refractivity contribution is 4.93. The zero-order valence-electron chi connectivity index (χ0n) is 12.3. The van der Waals surface area contributed by atoms with E-state index in [1.165, 1.54) is 0 Å². The van der Waals surface area contributed by atoms with E-state index in [1.54, 1.807) is 0 Å². The van der Waals surface area contributed by atoms with Crippen molar-refractivity contribution in [3.8, 4) is 0 Å². The molecule has 0 aromatic rings. The lowest BCUT2D eigenvalue weighted by Gasteiger charge is -2.42. The monoisotopic (exact) mass is 296 g/mol. The van der Waals surface area contributed by atoms with Crippen molar-refractivity contribution >= 4 is 0 Å². The predicted molar refractivity (Wildman–Crippen MR) is 73.0 cm³/mol. The van der Waals surface area contributed by atoms with Gasteiger partial charge in [-0.1, -0.05) is 20.3 Å². The lowest BCUT2D eigenvalue weighted by atomic mass is 9.72. The van der Waals surface area contributed by atoms with Gasteiger partial charge in [0.2, 0.25) is 5.72 Å². The van der Waals surface area contributed by atoms with Gasteiger partial charge in [-0.25, -0.2) is 0 Å². The highest BCUT2D eigenvalue weighted by Gasteiger charge is 2.58. The number of nitrogens with one attached hydrogen (secondary N) is 1. The Hall–Kier alpha value is -0.330. The molecule has 0 radical (unpaired) electrons. The largest absolute Gasteiger partial charge is 0.431 e. The van der Waals surface area contributed by atoms with Crippen LogP contribution in [0.15, 0.2) is 0 Å². The summed E-state index contributed by atoms with van der Waals surface area (Å²) in [6.45, 7) is 4.28. The molecule has 1 aliphatic carbocycles. The molecule has 1 saturated carbocycles. The molecule has 2 unspecified atom stereocenters. The number of alkyl halides is 3. The molecule has 0 aromatic heterocycles. The average Bonchev–Trinajstić information content (AvgIpc) is 2.42. The Bertz CT molecular complexity index is 291. The van der Waals surface area contributed by atoms with E-state index in [0.717, 1.165) is 19.3 Å². The second-order valence-electron chi connectivity index (χ2n) is 5.98. The van der Waals surface area contributed by atoms with Crippen LogP contribution in [0.3, 0.4) is 0 Å². The van der Waals surface area contributed by atoms with E-state index in [9.17, 15) is 18.3 Å². The normalized spacial score (nSPS) is 28.9. The summed E-state index contributed by atoms with van der Waals surface area (Å²) in [4.78, 5) is 0. The van der Waals surface area contributed by atoms with E-state index < -0.39 is 17.8 Å². The molecule has 0 aliphatic heterocycles. The molecule has 1 aliphatic rings. The van der Waals surface area contributed by atoms with Crippen molar-refractivity contribution in [1.82, 2.24) is 5.32 Å². The van der Waals surface area contributed by atoms with Gasteiger partial charge in [0.15, 0.2) is 0 Å². The minimum atomic E-state index is -4.67. The summed E-state index contributed by atoms with van der Waals surface area (Å²) in [6, 6.07) is 0. The van der Waals surface area contributed by atoms with Crippen LogP contribution in [0.25, 0.3) is 0 Å². The highest BCUT2D eigenvalue weighted by Crippen LogP contribution is 2.44. The Kier molecular flexibility index (Phi) is 6.28. The Balaban J connectivity index is 2.71. The Morgan fingerprint density at radius 1 is 1.25 bits per heavy atom. The average molecular weight is 296 g/mol. The van der Waals surface area contributed by atoms with Crippen molar-refractivity contribution in [2.24, 2.45) is 23.5 Å². The molecule has 4 N–H and O–H groups in total. The first-order valence-corrected chi connectivity index (χ1v) is 7.50. The molecular weight excluding hydrogens is 269 g/mol. The van der Waals surface area contributed by atoms with E-state index in [2.05, 4.69) is 19.2 Å². The van der Waals surface area contributed by atoms with Gasteiger partial charge in [0.05, 0.1) is 0 Å². The summed E-state index contributed by atoms with van der Waals surface area (Å²) in [7, 11) is 0. The third-order valence-electron chi connectivity index (χ3n) is 4.78. The lowest BCUT2D eigenvalue weighted by Crippen LogP contribution is -2.63. The van der Waals surface area contributed by atoms with Gasteiger partial charge in [-0.05, 0) is 37.5 Å². The Labute approximate surface area is 119 Å². The number of rotatable bonds is 6. The van der Waals surface area contributed by atoms with Gasteiger partial charge in [0, 0.05) is 19.0 Å². The number of hydrogen-bond acceptors (Lipinski definition) is 3. The summed E-state index contributed by atoms with van der Waals surface area (Å²) in [5.74, 6) is 0.226. The van der Waals surface area contributed by atoms with Gasteiger partial charge in [0.25, 0.3) is 0 Å². The summed E-state index contributed by atoms with van der Waals surface area (Å²) in [6.07, 6.45) is -1.31. The zero-order valence-corrected chi connectivity index (χ0v) is 12.3. The maximum Gasteiger partial charge on any atom is 0.431 e. The fourth-order valence-electron chi connectivity index (χ4n) is 3.18. The third kappa shape index (κ3) is 3.86. The van der Waals surface area contributed by atoms with Crippen molar-refractivity contribution in [2.75, 3.05) is 13.1 Å². The predicted octanol–water partition coefficient (Wildman–Crippen LogP) is 2.64. The van der Waals surface area contributed by atoms with Gasteiger partial charge >= 0.3 is 6.18 Å². The van der Waals surface area contributed by atoms with E-state index in [4.69, 9.17) is 5.73 Å². The quantitative estimate of drug-likeness (QED) is 0.660. The molecule has 2 atom stereocenters. The molecule has 3 nitrogen and oxygen atoms in total. The van der Waals surface area contributed by atoms with E-state index in [-0.39, 0.29) is 13.1 Å².